The van der Waals surface area contributed by atoms with Crippen LogP contribution in [-0.4, -0.2) is 9.52 Å². The highest BCUT2D eigenvalue weighted by molar-refractivity contribution is 6.35. The molecule has 41 heavy (non-hydrogen) atoms. The molecule has 0 amide bonds. The van der Waals surface area contributed by atoms with Gasteiger partial charge < -0.3 is 0 Å². The average Bonchev–Trinajstić information content (AvgIpc) is 2.98. The van der Waals surface area contributed by atoms with Crippen molar-refractivity contribution in [3.8, 4) is 0 Å². The molecule has 0 aliphatic heterocycles. The predicted octanol–water partition coefficient (Wildman–Crippen LogP) is 15.6. The third-order valence-electron chi connectivity index (χ3n) is 9.41. The molecule has 0 unspecified atom stereocenters. The van der Waals surface area contributed by atoms with Crippen LogP contribution in [-0.2, 0) is 0 Å². The van der Waals surface area contributed by atoms with E-state index in [0.29, 0.717) is 0 Å². The van der Waals surface area contributed by atoms with Gasteiger partial charge in [0.2, 0.25) is 0 Å². The highest BCUT2D eigenvalue weighted by atomic mass is 28.2. The number of hydrogen-bond donors (Lipinski definition) is 0. The normalized spacial score (nSPS) is 11.6. The molecule has 246 valence electrons. The van der Waals surface area contributed by atoms with Crippen LogP contribution < -0.4 is 0 Å². The summed E-state index contributed by atoms with van der Waals surface area (Å²) in [5.74, 6) is 0. The number of unbranched alkanes of at least 4 members (excludes halogenated alkanes) is 34. The van der Waals surface area contributed by atoms with Crippen molar-refractivity contribution in [3.63, 3.8) is 0 Å². The highest BCUT2D eigenvalue weighted by Gasteiger charge is 1.98. The lowest BCUT2D eigenvalue weighted by atomic mass is 10.0. The molecule has 0 saturated heterocycles. The Labute approximate surface area is 266 Å². The molecule has 0 aromatic heterocycles. The first-order chi connectivity index (χ1) is 20.4. The SMILES string of the molecule is CCCCCCCCCCCCCCCCCCCC[Si]CCCCCCCCCCCCCCCCCCCC. The van der Waals surface area contributed by atoms with E-state index in [9.17, 15) is 0 Å². The van der Waals surface area contributed by atoms with Gasteiger partial charge in [0.25, 0.3) is 0 Å². The van der Waals surface area contributed by atoms with Gasteiger partial charge in [-0.3, -0.25) is 0 Å². The second-order valence-corrected chi connectivity index (χ2v) is 15.3. The third-order valence-corrected chi connectivity index (χ3v) is 10.8. The molecule has 0 aliphatic carbocycles. The van der Waals surface area contributed by atoms with Crippen molar-refractivity contribution < 1.29 is 0 Å². The second kappa shape index (κ2) is 40.2. The summed E-state index contributed by atoms with van der Waals surface area (Å²) < 4.78 is 0. The largest absolute Gasteiger partial charge is 0.0654 e. The Kier molecular flexibility index (Phi) is 40.4. The van der Waals surface area contributed by atoms with Crippen LogP contribution in [0.4, 0.5) is 0 Å². The molecule has 1 heteroatoms. The number of rotatable bonds is 38. The Morgan fingerprint density at radius 3 is 0.512 bits per heavy atom. The molecule has 0 saturated carbocycles. The lowest BCUT2D eigenvalue weighted by molar-refractivity contribution is 0.526. The van der Waals surface area contributed by atoms with Crippen LogP contribution in [0.15, 0.2) is 0 Å². The average molecular weight is 591 g/mol. The van der Waals surface area contributed by atoms with E-state index in [2.05, 4.69) is 13.8 Å². The smallest absolute Gasteiger partial charge is 0.0378 e. The fourth-order valence-electron chi connectivity index (χ4n) is 6.43. The van der Waals surface area contributed by atoms with Gasteiger partial charge in [-0.25, -0.2) is 0 Å². The zero-order valence-electron chi connectivity index (χ0n) is 29.4. The van der Waals surface area contributed by atoms with Gasteiger partial charge in [-0.1, -0.05) is 257 Å². The van der Waals surface area contributed by atoms with Gasteiger partial charge in [0.05, 0.1) is 0 Å². The maximum atomic E-state index is 2.31. The summed E-state index contributed by atoms with van der Waals surface area (Å²) in [5.41, 5.74) is 0. The van der Waals surface area contributed by atoms with Gasteiger partial charge in [0.1, 0.15) is 0 Å². The first kappa shape index (κ1) is 41.2. The van der Waals surface area contributed by atoms with E-state index in [4.69, 9.17) is 0 Å². The van der Waals surface area contributed by atoms with Crippen LogP contribution in [0.2, 0.25) is 12.1 Å². The third kappa shape index (κ3) is 40.2. The quantitative estimate of drug-likeness (QED) is 0.0495. The summed E-state index contributed by atoms with van der Waals surface area (Å²) in [6.45, 7) is 4.62. The van der Waals surface area contributed by atoms with Crippen LogP contribution in [0.1, 0.15) is 245 Å². The van der Waals surface area contributed by atoms with E-state index in [-0.39, 0.29) is 0 Å². The van der Waals surface area contributed by atoms with Gasteiger partial charge in [0.15, 0.2) is 0 Å². The topological polar surface area (TPSA) is 0 Å². The van der Waals surface area contributed by atoms with Crippen LogP contribution >= 0.6 is 0 Å². The van der Waals surface area contributed by atoms with E-state index < -0.39 is 0 Å². The fourth-order valence-corrected chi connectivity index (χ4v) is 7.68. The first-order valence-corrected chi connectivity index (χ1v) is 21.5. The molecule has 0 atom stereocenters. The first-order valence-electron chi connectivity index (χ1n) is 20.1. The number of hydrogen-bond acceptors (Lipinski definition) is 0. The molecule has 0 heterocycles. The minimum absolute atomic E-state index is 1.25. The van der Waals surface area contributed by atoms with E-state index in [1.165, 1.54) is 253 Å². The van der Waals surface area contributed by atoms with Crippen molar-refractivity contribution in [3.05, 3.63) is 0 Å². The Morgan fingerprint density at radius 2 is 0.341 bits per heavy atom. The van der Waals surface area contributed by atoms with Gasteiger partial charge in [-0.2, -0.15) is 0 Å². The molecule has 0 bridgehead atoms. The zero-order valence-corrected chi connectivity index (χ0v) is 30.4. The van der Waals surface area contributed by atoms with Crippen LogP contribution in [0.25, 0.3) is 0 Å². The van der Waals surface area contributed by atoms with E-state index in [1.54, 1.807) is 0 Å². The lowest BCUT2D eigenvalue weighted by Crippen LogP contribution is -1.90. The van der Waals surface area contributed by atoms with Crippen LogP contribution in [0.5, 0.6) is 0 Å². The van der Waals surface area contributed by atoms with Crippen molar-refractivity contribution in [1.82, 2.24) is 0 Å². The second-order valence-electron chi connectivity index (χ2n) is 13.8. The predicted molar refractivity (Wildman–Crippen MR) is 193 cm³/mol. The molecular weight excluding hydrogens is 509 g/mol. The standard InChI is InChI=1S/C40H82Si/c1-3-5-7-9-11-13-15-17-19-21-23-25-27-29-31-33-35-37-39-41-40-38-36-34-32-30-28-26-24-22-20-18-16-14-12-10-8-6-4-2/h3-40H2,1-2H3. The molecule has 0 spiro atoms. The lowest BCUT2D eigenvalue weighted by Gasteiger charge is -2.04. The summed E-state index contributed by atoms with van der Waals surface area (Å²) in [6.07, 6.45) is 53.5. The van der Waals surface area contributed by atoms with Crippen molar-refractivity contribution in [2.45, 2.75) is 257 Å². The molecule has 0 rings (SSSR count). The van der Waals surface area contributed by atoms with Crippen LogP contribution in [0, 0.1) is 0 Å². The molecule has 0 fully saturated rings. The van der Waals surface area contributed by atoms with Crippen LogP contribution in [0.3, 0.4) is 0 Å². The monoisotopic (exact) mass is 591 g/mol. The molecule has 0 N–H and O–H groups in total. The van der Waals surface area contributed by atoms with E-state index in [1.807, 2.05) is 0 Å². The van der Waals surface area contributed by atoms with Gasteiger partial charge in [0, 0.05) is 9.52 Å². The Balaban J connectivity index is 3.02. The summed E-state index contributed by atoms with van der Waals surface area (Å²) in [5, 5.41) is 0. The molecule has 2 radical (unpaired) electrons. The van der Waals surface area contributed by atoms with Crippen molar-refractivity contribution in [1.29, 1.82) is 0 Å². The maximum Gasteiger partial charge on any atom is 0.0378 e. The Hall–Kier alpha value is 0.217. The van der Waals surface area contributed by atoms with E-state index in [0.717, 1.165) is 0 Å². The van der Waals surface area contributed by atoms with E-state index >= 15 is 0 Å². The molecular formula is C40H82Si. The van der Waals surface area contributed by atoms with Crippen molar-refractivity contribution in [2.24, 2.45) is 0 Å². The molecule has 0 nitrogen and oxygen atoms in total. The van der Waals surface area contributed by atoms with Crippen molar-refractivity contribution in [2.75, 3.05) is 0 Å². The molecule has 0 aliphatic rings. The van der Waals surface area contributed by atoms with Gasteiger partial charge in [-0.05, 0) is 0 Å². The summed E-state index contributed by atoms with van der Waals surface area (Å²) >= 11 is 0. The summed E-state index contributed by atoms with van der Waals surface area (Å²) in [6, 6.07) is 3.05. The Morgan fingerprint density at radius 1 is 0.195 bits per heavy atom. The minimum atomic E-state index is 1.25. The fraction of sp³-hybridized carbons (Fsp3) is 1.00. The summed E-state index contributed by atoms with van der Waals surface area (Å²) in [4.78, 5) is 0. The molecule has 0 aromatic carbocycles. The van der Waals surface area contributed by atoms with Gasteiger partial charge >= 0.3 is 0 Å². The minimum Gasteiger partial charge on any atom is -0.0654 e. The zero-order chi connectivity index (χ0) is 29.6. The summed E-state index contributed by atoms with van der Waals surface area (Å²) in [7, 11) is 1.25. The Bertz CT molecular complexity index is 381. The van der Waals surface area contributed by atoms with Crippen molar-refractivity contribution >= 4 is 9.52 Å². The maximum absolute atomic E-state index is 2.31. The van der Waals surface area contributed by atoms with Gasteiger partial charge in [-0.15, -0.1) is 0 Å². The highest BCUT2D eigenvalue weighted by Crippen LogP contribution is 2.16. The molecule has 0 aromatic rings.